The fourth-order valence-corrected chi connectivity index (χ4v) is 3.10. The van der Waals surface area contributed by atoms with Gasteiger partial charge in [0.15, 0.2) is 11.5 Å². The third kappa shape index (κ3) is 3.23. The molecule has 1 aromatic carbocycles. The molecule has 0 saturated carbocycles. The Morgan fingerprint density at radius 3 is 2.88 bits per heavy atom. The van der Waals surface area contributed by atoms with Gasteiger partial charge in [0.25, 0.3) is 0 Å². The number of nitrogens with one attached hydrogen (secondary N) is 1. The van der Waals surface area contributed by atoms with Crippen LogP contribution in [0.15, 0.2) is 42.7 Å². The number of fused-ring (bicyclic) bond motifs is 1. The first kappa shape index (κ1) is 15.7. The molecule has 4 rings (SSSR count). The van der Waals surface area contributed by atoms with Crippen molar-refractivity contribution in [3.05, 3.63) is 42.7 Å². The van der Waals surface area contributed by atoms with E-state index < -0.39 is 0 Å². The van der Waals surface area contributed by atoms with E-state index in [1.165, 1.54) is 0 Å². The highest BCUT2D eigenvalue weighted by Gasteiger charge is 2.21. The number of ether oxygens (including phenoxy) is 1. The van der Waals surface area contributed by atoms with Crippen LogP contribution in [-0.2, 0) is 0 Å². The van der Waals surface area contributed by atoms with E-state index in [2.05, 4.69) is 20.3 Å². The van der Waals surface area contributed by atoms with Gasteiger partial charge in [0.05, 0.1) is 12.3 Å². The lowest BCUT2D eigenvalue weighted by Gasteiger charge is -2.18. The number of benzene rings is 1. The Kier molecular flexibility index (Phi) is 4.15. The Balaban J connectivity index is 1.64. The number of aromatic nitrogens is 3. The van der Waals surface area contributed by atoms with Gasteiger partial charge in [-0.1, -0.05) is 0 Å². The highest BCUT2D eigenvalue weighted by molar-refractivity contribution is 5.76. The molecule has 3 aromatic rings. The molecule has 1 saturated heterocycles. The van der Waals surface area contributed by atoms with Crippen molar-refractivity contribution in [2.45, 2.75) is 19.4 Å². The van der Waals surface area contributed by atoms with E-state index >= 15 is 0 Å². The van der Waals surface area contributed by atoms with Crippen molar-refractivity contribution < 1.29 is 4.74 Å². The standard InChI is InChI=1S/C18H22N6O/c1-2-25-15-5-3-14(4-6-15)21-16-11-17(23-9-7-13(19)12-23)22-24-10-8-20-18(16)24/h3-6,8,10-11,13,21H,2,7,9,12,19H2,1H3. The molecule has 2 aromatic heterocycles. The molecule has 1 fully saturated rings. The van der Waals surface area contributed by atoms with Gasteiger partial charge in [-0.2, -0.15) is 0 Å². The van der Waals surface area contributed by atoms with Gasteiger partial charge >= 0.3 is 0 Å². The second-order valence-electron chi connectivity index (χ2n) is 6.19. The lowest BCUT2D eigenvalue weighted by Crippen LogP contribution is -2.27. The van der Waals surface area contributed by atoms with Crippen LogP contribution in [0.1, 0.15) is 13.3 Å². The summed E-state index contributed by atoms with van der Waals surface area (Å²) >= 11 is 0. The fourth-order valence-electron chi connectivity index (χ4n) is 3.10. The molecule has 25 heavy (non-hydrogen) atoms. The maximum absolute atomic E-state index is 6.04. The van der Waals surface area contributed by atoms with Gasteiger partial charge in [-0.15, -0.1) is 5.10 Å². The van der Waals surface area contributed by atoms with Crippen LogP contribution >= 0.6 is 0 Å². The molecule has 7 heteroatoms. The van der Waals surface area contributed by atoms with Gasteiger partial charge in [0.1, 0.15) is 5.75 Å². The molecule has 130 valence electrons. The number of hydrogen-bond acceptors (Lipinski definition) is 6. The van der Waals surface area contributed by atoms with E-state index in [-0.39, 0.29) is 6.04 Å². The molecule has 7 nitrogen and oxygen atoms in total. The second kappa shape index (κ2) is 6.60. The topological polar surface area (TPSA) is 80.7 Å². The largest absolute Gasteiger partial charge is 0.494 e. The SMILES string of the molecule is CCOc1ccc(Nc2cc(N3CCC(N)C3)nn3ccnc23)cc1. The van der Waals surface area contributed by atoms with Gasteiger partial charge in [-0.3, -0.25) is 0 Å². The second-order valence-corrected chi connectivity index (χ2v) is 6.19. The Labute approximate surface area is 146 Å². The number of rotatable bonds is 5. The maximum atomic E-state index is 6.04. The van der Waals surface area contributed by atoms with Crippen molar-refractivity contribution in [1.82, 2.24) is 14.6 Å². The summed E-state index contributed by atoms with van der Waals surface area (Å²) in [5.74, 6) is 1.77. The lowest BCUT2D eigenvalue weighted by atomic mass is 10.3. The number of nitrogens with zero attached hydrogens (tertiary/aromatic N) is 4. The quantitative estimate of drug-likeness (QED) is 0.743. The Bertz CT molecular complexity index is 860. The van der Waals surface area contributed by atoms with Crippen LogP contribution in [-0.4, -0.2) is 40.3 Å². The molecular weight excluding hydrogens is 316 g/mol. The number of imidazole rings is 1. The van der Waals surface area contributed by atoms with Crippen molar-refractivity contribution in [2.24, 2.45) is 5.73 Å². The zero-order chi connectivity index (χ0) is 17.2. The highest BCUT2D eigenvalue weighted by atomic mass is 16.5. The predicted octanol–water partition coefficient (Wildman–Crippen LogP) is 2.41. The van der Waals surface area contributed by atoms with Gasteiger partial charge in [-0.25, -0.2) is 9.50 Å². The molecule has 3 N–H and O–H groups in total. The summed E-state index contributed by atoms with van der Waals surface area (Å²) in [7, 11) is 0. The molecule has 1 aliphatic rings. The Hall–Kier alpha value is -2.80. The fraction of sp³-hybridized carbons (Fsp3) is 0.333. The van der Waals surface area contributed by atoms with E-state index in [1.807, 2.05) is 43.5 Å². The average Bonchev–Trinajstić information content (AvgIpc) is 3.25. The molecule has 1 atom stereocenters. The first-order chi connectivity index (χ1) is 12.2. The van der Waals surface area contributed by atoms with Crippen molar-refractivity contribution in [3.8, 4) is 5.75 Å². The van der Waals surface area contributed by atoms with Crippen LogP contribution in [0, 0.1) is 0 Å². The number of anilines is 3. The van der Waals surface area contributed by atoms with Crippen LogP contribution in [0.5, 0.6) is 5.75 Å². The Morgan fingerprint density at radius 1 is 1.32 bits per heavy atom. The van der Waals surface area contributed by atoms with Crippen LogP contribution in [0.2, 0.25) is 0 Å². The summed E-state index contributed by atoms with van der Waals surface area (Å²) in [5, 5.41) is 8.10. The number of nitrogens with two attached hydrogens (primary N) is 1. The van der Waals surface area contributed by atoms with Crippen LogP contribution in [0.3, 0.4) is 0 Å². The smallest absolute Gasteiger partial charge is 0.177 e. The highest BCUT2D eigenvalue weighted by Crippen LogP contribution is 2.27. The molecule has 0 bridgehead atoms. The summed E-state index contributed by atoms with van der Waals surface area (Å²) in [6, 6.07) is 10.2. The van der Waals surface area contributed by atoms with E-state index in [9.17, 15) is 0 Å². The molecule has 0 radical (unpaired) electrons. The summed E-state index contributed by atoms with van der Waals surface area (Å²) < 4.78 is 7.29. The zero-order valence-corrected chi connectivity index (χ0v) is 14.2. The summed E-state index contributed by atoms with van der Waals surface area (Å²) in [6.45, 7) is 4.39. The van der Waals surface area contributed by atoms with Gasteiger partial charge in [-0.05, 0) is 37.6 Å². The molecule has 1 unspecified atom stereocenters. The normalized spacial score (nSPS) is 17.2. The van der Waals surface area contributed by atoms with Crippen molar-refractivity contribution in [1.29, 1.82) is 0 Å². The molecule has 3 heterocycles. The predicted molar refractivity (Wildman–Crippen MR) is 98.7 cm³/mol. The minimum absolute atomic E-state index is 0.211. The van der Waals surface area contributed by atoms with Crippen molar-refractivity contribution >= 4 is 22.8 Å². The van der Waals surface area contributed by atoms with E-state index in [1.54, 1.807) is 10.7 Å². The zero-order valence-electron chi connectivity index (χ0n) is 14.2. The van der Waals surface area contributed by atoms with E-state index in [0.717, 1.165) is 48.1 Å². The maximum Gasteiger partial charge on any atom is 0.177 e. The van der Waals surface area contributed by atoms with E-state index in [4.69, 9.17) is 10.5 Å². The minimum Gasteiger partial charge on any atom is -0.494 e. The molecular formula is C18H22N6O. The van der Waals surface area contributed by atoms with Crippen molar-refractivity contribution in [3.63, 3.8) is 0 Å². The summed E-state index contributed by atoms with van der Waals surface area (Å²) in [6.07, 6.45) is 4.61. The third-order valence-electron chi connectivity index (χ3n) is 4.34. The summed E-state index contributed by atoms with van der Waals surface area (Å²) in [4.78, 5) is 6.63. The van der Waals surface area contributed by atoms with Crippen LogP contribution in [0.4, 0.5) is 17.2 Å². The monoisotopic (exact) mass is 338 g/mol. The average molecular weight is 338 g/mol. The van der Waals surface area contributed by atoms with E-state index in [0.29, 0.717) is 6.61 Å². The van der Waals surface area contributed by atoms with Crippen LogP contribution in [0.25, 0.3) is 5.65 Å². The van der Waals surface area contributed by atoms with Gasteiger partial charge in [0.2, 0.25) is 0 Å². The van der Waals surface area contributed by atoms with Gasteiger partial charge in [0, 0.05) is 43.3 Å². The summed E-state index contributed by atoms with van der Waals surface area (Å²) in [5.41, 5.74) is 8.72. The molecule has 0 spiro atoms. The first-order valence-corrected chi connectivity index (χ1v) is 8.58. The Morgan fingerprint density at radius 2 is 2.16 bits per heavy atom. The first-order valence-electron chi connectivity index (χ1n) is 8.58. The lowest BCUT2D eigenvalue weighted by molar-refractivity contribution is 0.340. The van der Waals surface area contributed by atoms with Gasteiger partial charge < -0.3 is 20.7 Å². The minimum atomic E-state index is 0.211. The van der Waals surface area contributed by atoms with Crippen LogP contribution < -0.4 is 20.7 Å². The third-order valence-corrected chi connectivity index (χ3v) is 4.34. The molecule has 1 aliphatic heterocycles. The molecule has 0 aliphatic carbocycles. The molecule has 0 amide bonds. The van der Waals surface area contributed by atoms with Crippen molar-refractivity contribution in [2.75, 3.05) is 29.9 Å². The number of hydrogen-bond donors (Lipinski definition) is 2.